The van der Waals surface area contributed by atoms with Gasteiger partial charge in [0.25, 0.3) is 5.91 Å². The normalized spacial score (nSPS) is 15.2. The van der Waals surface area contributed by atoms with Gasteiger partial charge in [0.2, 0.25) is 10.0 Å². The number of amides is 1. The molecule has 0 saturated carbocycles. The van der Waals surface area contributed by atoms with Crippen LogP contribution < -0.4 is 5.32 Å². The molecule has 7 nitrogen and oxygen atoms in total. The summed E-state index contributed by atoms with van der Waals surface area (Å²) in [5.41, 5.74) is 1.25. The van der Waals surface area contributed by atoms with E-state index in [-0.39, 0.29) is 33.6 Å². The van der Waals surface area contributed by atoms with E-state index in [2.05, 4.69) is 10.2 Å². The molecule has 1 aliphatic rings. The van der Waals surface area contributed by atoms with Crippen LogP contribution in [0.2, 0.25) is 10.0 Å². The molecule has 0 atom stereocenters. The molecule has 1 fully saturated rings. The number of rotatable bonds is 8. The molecule has 168 valence electrons. The van der Waals surface area contributed by atoms with E-state index in [1.165, 1.54) is 22.0 Å². The van der Waals surface area contributed by atoms with Crippen molar-refractivity contribution in [2.24, 2.45) is 0 Å². The van der Waals surface area contributed by atoms with Crippen molar-refractivity contribution in [2.75, 3.05) is 46.4 Å². The van der Waals surface area contributed by atoms with Crippen LogP contribution in [0.4, 0.5) is 0 Å². The molecule has 1 saturated heterocycles. The number of carbonyl (C=O) groups is 1. The van der Waals surface area contributed by atoms with E-state index in [0.717, 1.165) is 6.54 Å². The molecular weight excluding hydrogens is 461 g/mol. The van der Waals surface area contributed by atoms with Crippen molar-refractivity contribution < 1.29 is 17.9 Å². The Balaban J connectivity index is 1.66. The minimum atomic E-state index is -3.86. The molecule has 10 heteroatoms. The lowest BCUT2D eigenvalue weighted by Crippen LogP contribution is -2.40. The summed E-state index contributed by atoms with van der Waals surface area (Å²) in [4.78, 5) is 14.6. The number of likely N-dealkylation sites (N-methyl/N-ethyl adjacent to an activating group) is 1. The van der Waals surface area contributed by atoms with Gasteiger partial charge in [-0.25, -0.2) is 8.42 Å². The first-order chi connectivity index (χ1) is 14.8. The van der Waals surface area contributed by atoms with E-state index >= 15 is 0 Å². The lowest BCUT2D eigenvalue weighted by Gasteiger charge is -2.26. The van der Waals surface area contributed by atoms with Gasteiger partial charge < -0.3 is 15.0 Å². The highest BCUT2D eigenvalue weighted by Crippen LogP contribution is 2.31. The lowest BCUT2D eigenvalue weighted by atomic mass is 10.2. The summed E-state index contributed by atoms with van der Waals surface area (Å²) in [6.45, 7) is 2.84. The topological polar surface area (TPSA) is 79.0 Å². The highest BCUT2D eigenvalue weighted by molar-refractivity contribution is 7.89. The summed E-state index contributed by atoms with van der Waals surface area (Å²) in [7, 11) is -1.90. The number of nitrogens with zero attached hydrogens (tertiary/aromatic N) is 2. The average Bonchev–Trinajstić information content (AvgIpc) is 2.74. The van der Waals surface area contributed by atoms with Crippen molar-refractivity contribution in [1.29, 1.82) is 0 Å². The molecule has 0 bridgehead atoms. The van der Waals surface area contributed by atoms with Crippen molar-refractivity contribution in [3.8, 4) is 0 Å². The second kappa shape index (κ2) is 10.8. The maximum Gasteiger partial charge on any atom is 0.252 e. The van der Waals surface area contributed by atoms with Crippen molar-refractivity contribution >= 4 is 39.1 Å². The number of hydrogen-bond acceptors (Lipinski definition) is 5. The van der Waals surface area contributed by atoms with Crippen LogP contribution in [0.15, 0.2) is 47.4 Å². The fraction of sp³-hybridized carbons (Fsp3) is 0.381. The summed E-state index contributed by atoms with van der Waals surface area (Å²) in [6, 6.07) is 12.6. The largest absolute Gasteiger partial charge is 0.379 e. The van der Waals surface area contributed by atoms with Gasteiger partial charge in [0, 0.05) is 32.7 Å². The molecule has 2 aromatic rings. The molecule has 3 rings (SSSR count). The quantitative estimate of drug-likeness (QED) is 0.621. The van der Waals surface area contributed by atoms with Gasteiger partial charge in [-0.2, -0.15) is 4.31 Å². The molecule has 0 spiro atoms. The Morgan fingerprint density at radius 1 is 1.13 bits per heavy atom. The third kappa shape index (κ3) is 6.19. The SMILES string of the molecule is CN(CCNC(=O)c1cc(S(=O)(=O)N2CCOCC2)c(Cl)cc1Cl)Cc1ccccc1. The molecule has 1 aliphatic heterocycles. The third-order valence-corrected chi connectivity index (χ3v) is 7.60. The van der Waals surface area contributed by atoms with Crippen LogP contribution in [0.5, 0.6) is 0 Å². The Bertz CT molecular complexity index is 1010. The Morgan fingerprint density at radius 2 is 1.81 bits per heavy atom. The number of benzene rings is 2. The monoisotopic (exact) mass is 485 g/mol. The minimum Gasteiger partial charge on any atom is -0.379 e. The first-order valence-corrected chi connectivity index (χ1v) is 12.1. The molecule has 0 radical (unpaired) electrons. The van der Waals surface area contributed by atoms with E-state index in [4.69, 9.17) is 27.9 Å². The predicted molar refractivity (Wildman–Crippen MR) is 121 cm³/mol. The summed E-state index contributed by atoms with van der Waals surface area (Å²) < 4.78 is 32.5. The second-order valence-corrected chi connectivity index (χ2v) is 9.98. The van der Waals surface area contributed by atoms with Crippen LogP contribution in [-0.4, -0.2) is 70.0 Å². The van der Waals surface area contributed by atoms with Crippen LogP contribution in [0, 0.1) is 0 Å². The highest BCUT2D eigenvalue weighted by Gasteiger charge is 2.30. The molecular formula is C21H25Cl2N3O4S. The van der Waals surface area contributed by atoms with Crippen LogP contribution in [-0.2, 0) is 21.3 Å². The van der Waals surface area contributed by atoms with E-state index < -0.39 is 15.9 Å². The second-order valence-electron chi connectivity index (χ2n) is 7.26. The highest BCUT2D eigenvalue weighted by atomic mass is 35.5. The Kier molecular flexibility index (Phi) is 8.32. The van der Waals surface area contributed by atoms with E-state index in [0.29, 0.717) is 26.3 Å². The van der Waals surface area contributed by atoms with Gasteiger partial charge in [0.15, 0.2) is 0 Å². The number of ether oxygens (including phenoxy) is 1. The van der Waals surface area contributed by atoms with Crippen molar-refractivity contribution in [3.05, 3.63) is 63.6 Å². The van der Waals surface area contributed by atoms with Gasteiger partial charge in [-0.15, -0.1) is 0 Å². The number of halogens is 2. The summed E-state index contributed by atoms with van der Waals surface area (Å²) in [6.07, 6.45) is 0. The predicted octanol–water partition coefficient (Wildman–Crippen LogP) is 2.88. The van der Waals surface area contributed by atoms with Crippen LogP contribution in [0.3, 0.4) is 0 Å². The van der Waals surface area contributed by atoms with Gasteiger partial charge >= 0.3 is 0 Å². The molecule has 2 aromatic carbocycles. The fourth-order valence-electron chi connectivity index (χ4n) is 3.26. The van der Waals surface area contributed by atoms with Crippen molar-refractivity contribution in [2.45, 2.75) is 11.4 Å². The number of hydrogen-bond donors (Lipinski definition) is 1. The van der Waals surface area contributed by atoms with Crippen LogP contribution in [0.25, 0.3) is 0 Å². The first kappa shape index (κ1) is 24.0. The molecule has 1 amide bonds. The maximum absolute atomic E-state index is 13.0. The Hall–Kier alpha value is -1.68. The van der Waals surface area contributed by atoms with Gasteiger partial charge in [0.05, 0.1) is 28.8 Å². The molecule has 31 heavy (non-hydrogen) atoms. The fourth-order valence-corrected chi connectivity index (χ4v) is 5.50. The molecule has 1 N–H and O–H groups in total. The molecule has 0 aliphatic carbocycles. The van der Waals surface area contributed by atoms with Gasteiger partial charge in [-0.05, 0) is 24.7 Å². The van der Waals surface area contributed by atoms with Gasteiger partial charge in [-0.3, -0.25) is 4.79 Å². The Morgan fingerprint density at radius 3 is 2.48 bits per heavy atom. The van der Waals surface area contributed by atoms with Gasteiger partial charge in [0.1, 0.15) is 4.90 Å². The van der Waals surface area contributed by atoms with Crippen molar-refractivity contribution in [3.63, 3.8) is 0 Å². The maximum atomic E-state index is 13.0. The molecule has 0 unspecified atom stereocenters. The van der Waals surface area contributed by atoms with E-state index in [9.17, 15) is 13.2 Å². The Labute approximate surface area is 192 Å². The number of sulfonamides is 1. The average molecular weight is 486 g/mol. The summed E-state index contributed by atoms with van der Waals surface area (Å²) in [5, 5.41) is 2.88. The zero-order chi connectivity index (χ0) is 22.4. The first-order valence-electron chi connectivity index (χ1n) is 9.86. The smallest absolute Gasteiger partial charge is 0.252 e. The zero-order valence-corrected chi connectivity index (χ0v) is 19.5. The van der Waals surface area contributed by atoms with Crippen LogP contribution in [0.1, 0.15) is 15.9 Å². The number of carbonyl (C=O) groups excluding carboxylic acids is 1. The number of morpholine rings is 1. The van der Waals surface area contributed by atoms with Crippen molar-refractivity contribution in [1.82, 2.24) is 14.5 Å². The third-order valence-electron chi connectivity index (χ3n) is 4.93. The standard InChI is InChI=1S/C21H25Cl2N3O4S/c1-25(15-16-5-3-2-4-6-16)8-7-24-21(27)17-13-20(19(23)14-18(17)22)31(28,29)26-9-11-30-12-10-26/h2-6,13-14H,7-12,15H2,1H3,(H,24,27). The lowest BCUT2D eigenvalue weighted by molar-refractivity contribution is 0.0730. The van der Waals surface area contributed by atoms with E-state index in [1.807, 2.05) is 37.4 Å². The summed E-state index contributed by atoms with van der Waals surface area (Å²) in [5.74, 6) is -0.451. The minimum absolute atomic E-state index is 0.0179. The summed E-state index contributed by atoms with van der Waals surface area (Å²) >= 11 is 12.4. The van der Waals surface area contributed by atoms with E-state index in [1.54, 1.807) is 0 Å². The molecule has 1 heterocycles. The number of nitrogens with one attached hydrogen (secondary N) is 1. The van der Waals surface area contributed by atoms with Gasteiger partial charge in [-0.1, -0.05) is 53.5 Å². The zero-order valence-electron chi connectivity index (χ0n) is 17.2. The molecule has 0 aromatic heterocycles. The van der Waals surface area contributed by atoms with Crippen LogP contribution >= 0.6 is 23.2 Å².